The van der Waals surface area contributed by atoms with E-state index < -0.39 is 41.0 Å². The second-order valence-electron chi connectivity index (χ2n) is 12.5. The molecule has 0 unspecified atom stereocenters. The summed E-state index contributed by atoms with van der Waals surface area (Å²) in [5.74, 6) is -7.45. The molecule has 42 heavy (non-hydrogen) atoms. The van der Waals surface area contributed by atoms with Gasteiger partial charge in [-0.15, -0.1) is 0 Å². The number of carbonyl (C=O) groups is 2. The van der Waals surface area contributed by atoms with Crippen LogP contribution in [0.1, 0.15) is 61.1 Å². The lowest BCUT2D eigenvalue weighted by Gasteiger charge is -2.47. The lowest BCUT2D eigenvalue weighted by atomic mass is 9.67. The normalized spacial score (nSPS) is 22.8. The van der Waals surface area contributed by atoms with Gasteiger partial charge in [-0.3, -0.25) is 9.59 Å². The Morgan fingerprint density at radius 2 is 1.69 bits per heavy atom. The van der Waals surface area contributed by atoms with Gasteiger partial charge in [0.15, 0.2) is 0 Å². The van der Waals surface area contributed by atoms with Crippen LogP contribution in [0, 0.1) is 28.1 Å². The Labute approximate surface area is 245 Å². The Hall–Kier alpha value is -3.38. The van der Waals surface area contributed by atoms with E-state index in [2.05, 4.69) is 11.0 Å². The van der Waals surface area contributed by atoms with E-state index in [-0.39, 0.29) is 23.9 Å². The van der Waals surface area contributed by atoms with Crippen LogP contribution in [0.3, 0.4) is 0 Å². The van der Waals surface area contributed by atoms with Gasteiger partial charge in [0.25, 0.3) is 0 Å². The Morgan fingerprint density at radius 3 is 2.26 bits per heavy atom. The van der Waals surface area contributed by atoms with Gasteiger partial charge in [0.05, 0.1) is 31.6 Å². The molecule has 0 aromatic heterocycles. The van der Waals surface area contributed by atoms with Crippen molar-refractivity contribution in [3.8, 4) is 6.07 Å². The largest absolute Gasteiger partial charge is 0.469 e. The first-order valence-electron chi connectivity index (χ1n) is 14.8. The van der Waals surface area contributed by atoms with Crippen LogP contribution in [-0.4, -0.2) is 61.1 Å². The lowest BCUT2D eigenvalue weighted by molar-refractivity contribution is -0.182. The van der Waals surface area contributed by atoms with Crippen molar-refractivity contribution in [1.82, 2.24) is 10.0 Å². The summed E-state index contributed by atoms with van der Waals surface area (Å²) in [4.78, 5) is 27.6. The quantitative estimate of drug-likeness (QED) is 0.245. The summed E-state index contributed by atoms with van der Waals surface area (Å²) in [6, 6.07) is 18.4. The molecule has 3 aliphatic rings. The van der Waals surface area contributed by atoms with Crippen molar-refractivity contribution in [2.75, 3.05) is 33.3 Å². The zero-order chi connectivity index (χ0) is 30.0. The summed E-state index contributed by atoms with van der Waals surface area (Å²) in [7, 11) is 1.40. The van der Waals surface area contributed by atoms with Gasteiger partial charge in [-0.2, -0.15) is 19.2 Å². The highest BCUT2D eigenvalue weighted by atomic mass is 19.3. The first kappa shape index (κ1) is 30.1. The van der Waals surface area contributed by atoms with Crippen LogP contribution in [0.25, 0.3) is 0 Å². The number of likely N-dealkylation sites (tertiary alicyclic amines) is 1. The molecule has 9 heteroatoms. The maximum Gasteiger partial charge on any atom is 0.330 e. The van der Waals surface area contributed by atoms with Crippen molar-refractivity contribution in [3.63, 3.8) is 0 Å². The van der Waals surface area contributed by atoms with Gasteiger partial charge in [0.2, 0.25) is 0 Å². The molecule has 1 amide bonds. The second-order valence-corrected chi connectivity index (χ2v) is 12.5. The highest BCUT2D eigenvalue weighted by Gasteiger charge is 2.61. The van der Waals surface area contributed by atoms with Crippen LogP contribution >= 0.6 is 0 Å². The van der Waals surface area contributed by atoms with Crippen LogP contribution in [-0.2, 0) is 27.2 Å². The first-order chi connectivity index (χ1) is 20.1. The van der Waals surface area contributed by atoms with Crippen molar-refractivity contribution < 1.29 is 27.6 Å². The number of esters is 1. The number of methoxy groups -OCH3 is 1. The molecule has 5 rings (SSSR count). The van der Waals surface area contributed by atoms with Crippen LogP contribution in [0.4, 0.5) is 13.3 Å². The number of carbonyl (C=O) groups excluding carboxylic acids is 2. The van der Waals surface area contributed by atoms with Crippen LogP contribution in [0.5, 0.6) is 0 Å². The van der Waals surface area contributed by atoms with E-state index in [1.807, 2.05) is 24.3 Å². The SMILES string of the molecule is COC(=O)C1(CN2CCC(Cc3ccc(CC#N)cc3)(CN(F)C(=O)C(F)(F)[C@@H]3C[C@@H]3c3ccccc3)CC2)CCC1. The third-order valence-electron chi connectivity index (χ3n) is 9.72. The molecular formula is C33H38F3N3O3. The number of piperidine rings is 1. The van der Waals surface area contributed by atoms with E-state index in [4.69, 9.17) is 10.00 Å². The molecule has 0 spiro atoms. The fourth-order valence-corrected chi connectivity index (χ4v) is 6.90. The zero-order valence-electron chi connectivity index (χ0n) is 24.0. The van der Waals surface area contributed by atoms with Gasteiger partial charge >= 0.3 is 17.8 Å². The number of hydrogen-bond donors (Lipinski definition) is 0. The van der Waals surface area contributed by atoms with Gasteiger partial charge in [-0.1, -0.05) is 65.5 Å². The zero-order valence-corrected chi connectivity index (χ0v) is 24.0. The minimum absolute atomic E-state index is 0.147. The second kappa shape index (κ2) is 12.1. The number of halogens is 3. The lowest BCUT2D eigenvalue weighted by Crippen LogP contribution is -2.54. The number of nitriles is 1. The molecule has 2 aromatic carbocycles. The van der Waals surface area contributed by atoms with Gasteiger partial charge in [-0.05, 0) is 79.6 Å². The predicted octanol–water partition coefficient (Wildman–Crippen LogP) is 5.87. The number of nitrogens with zero attached hydrogens (tertiary/aromatic N) is 3. The van der Waals surface area contributed by atoms with Gasteiger partial charge in [-0.25, -0.2) is 0 Å². The van der Waals surface area contributed by atoms with E-state index in [0.29, 0.717) is 38.9 Å². The smallest absolute Gasteiger partial charge is 0.330 e. The molecule has 224 valence electrons. The van der Waals surface area contributed by atoms with Crippen molar-refractivity contribution in [3.05, 3.63) is 71.3 Å². The molecule has 0 radical (unpaired) electrons. The summed E-state index contributed by atoms with van der Waals surface area (Å²) in [6.07, 6.45) is 4.30. The average molecular weight is 582 g/mol. The Bertz CT molecular complexity index is 1300. The van der Waals surface area contributed by atoms with Crippen LogP contribution in [0.15, 0.2) is 54.6 Å². The van der Waals surface area contributed by atoms with Crippen molar-refractivity contribution in [2.24, 2.45) is 16.7 Å². The van der Waals surface area contributed by atoms with E-state index in [9.17, 15) is 9.59 Å². The van der Waals surface area contributed by atoms with E-state index >= 15 is 13.3 Å². The van der Waals surface area contributed by atoms with E-state index in [1.165, 1.54) is 7.11 Å². The number of ether oxygens (including phenoxy) is 1. The molecule has 1 aliphatic heterocycles. The third-order valence-corrected chi connectivity index (χ3v) is 9.72. The minimum Gasteiger partial charge on any atom is -0.469 e. The molecule has 1 saturated heterocycles. The topological polar surface area (TPSA) is 73.6 Å². The third kappa shape index (κ3) is 6.19. The van der Waals surface area contributed by atoms with Gasteiger partial charge < -0.3 is 9.64 Å². The molecule has 3 fully saturated rings. The number of rotatable bonds is 11. The predicted molar refractivity (Wildman–Crippen MR) is 151 cm³/mol. The Morgan fingerprint density at radius 1 is 1.05 bits per heavy atom. The van der Waals surface area contributed by atoms with Crippen molar-refractivity contribution in [2.45, 2.75) is 63.2 Å². The Balaban J connectivity index is 1.29. The molecule has 2 aliphatic carbocycles. The maximum absolute atomic E-state index is 15.6. The molecular weight excluding hydrogens is 543 g/mol. The minimum atomic E-state index is -3.80. The van der Waals surface area contributed by atoms with E-state index in [0.717, 1.165) is 36.0 Å². The van der Waals surface area contributed by atoms with Crippen molar-refractivity contribution in [1.29, 1.82) is 5.26 Å². The molecule has 0 N–H and O–H groups in total. The van der Waals surface area contributed by atoms with Gasteiger partial charge in [0.1, 0.15) is 0 Å². The molecule has 2 atom stereocenters. The highest BCUT2D eigenvalue weighted by Crippen LogP contribution is 2.56. The van der Waals surface area contributed by atoms with Crippen molar-refractivity contribution >= 4 is 11.9 Å². The summed E-state index contributed by atoms with van der Waals surface area (Å²) in [5, 5.41) is 8.75. The fraction of sp³-hybridized carbons (Fsp3) is 0.545. The maximum atomic E-state index is 15.6. The number of amides is 1. The van der Waals surface area contributed by atoms with Gasteiger partial charge in [0, 0.05) is 12.5 Å². The summed E-state index contributed by atoms with van der Waals surface area (Å²) < 4.78 is 51.3. The first-order valence-corrected chi connectivity index (χ1v) is 14.8. The standard InChI is InChI=1S/C33H38F3N3O3/c1-42-30(41)32(13-5-14-32)23-38-18-15-31(16-19-38,21-25-10-8-24(9-11-25)12-17-37)22-39(36)29(40)33(34,35)28-20-27(28)26-6-3-2-4-7-26/h2-4,6-11,27-28H,5,12-16,18-23H2,1H3/t27-,28-/m1/s1. The summed E-state index contributed by atoms with van der Waals surface area (Å²) in [5.41, 5.74) is 1.22. The monoisotopic (exact) mass is 581 g/mol. The molecule has 2 saturated carbocycles. The number of hydrogen-bond acceptors (Lipinski definition) is 5. The number of benzene rings is 2. The molecule has 0 bridgehead atoms. The van der Waals surface area contributed by atoms with E-state index in [1.54, 1.807) is 30.3 Å². The highest BCUT2D eigenvalue weighted by molar-refractivity contribution is 5.83. The molecule has 1 heterocycles. The number of alkyl halides is 2. The molecule has 6 nitrogen and oxygen atoms in total. The average Bonchev–Trinajstić information content (AvgIpc) is 3.79. The van der Waals surface area contributed by atoms with Crippen LogP contribution < -0.4 is 0 Å². The fourth-order valence-electron chi connectivity index (χ4n) is 6.90. The molecule has 2 aromatic rings. The van der Waals surface area contributed by atoms with Crippen LogP contribution in [0.2, 0.25) is 0 Å². The summed E-state index contributed by atoms with van der Waals surface area (Å²) in [6.45, 7) is 1.24. The summed E-state index contributed by atoms with van der Waals surface area (Å²) >= 11 is 0. The Kier molecular flexibility index (Phi) is 8.66.